The summed E-state index contributed by atoms with van der Waals surface area (Å²) in [6.45, 7) is 1.76. The van der Waals surface area contributed by atoms with Crippen molar-refractivity contribution in [1.29, 1.82) is 0 Å². The number of benzene rings is 2. The Balaban J connectivity index is 1.90. The molecule has 1 amide bonds. The molecule has 0 bridgehead atoms. The van der Waals surface area contributed by atoms with Crippen LogP contribution in [0, 0.1) is 12.7 Å². The van der Waals surface area contributed by atoms with Crippen molar-refractivity contribution in [2.75, 3.05) is 5.32 Å². The molecule has 1 aliphatic heterocycles. The Labute approximate surface area is 148 Å². The Morgan fingerprint density at radius 1 is 1.08 bits per heavy atom. The molecule has 0 fully saturated rings. The Kier molecular flexibility index (Phi) is 3.57. The molecule has 2 aromatic carbocycles. The molecule has 4 rings (SSSR count). The number of anilines is 1. The number of hydrogen-bond acceptors (Lipinski definition) is 3. The van der Waals surface area contributed by atoms with Crippen LogP contribution in [0.15, 0.2) is 58.3 Å². The predicted octanol–water partition coefficient (Wildman–Crippen LogP) is 2.70. The molecule has 0 saturated heterocycles. The molecule has 26 heavy (non-hydrogen) atoms. The molecule has 130 valence electrons. The van der Waals surface area contributed by atoms with Gasteiger partial charge in [0.25, 0.3) is 11.5 Å². The summed E-state index contributed by atoms with van der Waals surface area (Å²) in [5, 5.41) is 2.58. The molecule has 0 radical (unpaired) electrons. The van der Waals surface area contributed by atoms with Gasteiger partial charge in [-0.1, -0.05) is 18.2 Å². The minimum absolute atomic E-state index is 0.103. The molecule has 0 spiro atoms. The van der Waals surface area contributed by atoms with Gasteiger partial charge in [0.1, 0.15) is 11.5 Å². The zero-order valence-corrected chi connectivity index (χ0v) is 14.2. The van der Waals surface area contributed by atoms with Crippen LogP contribution in [0.3, 0.4) is 0 Å². The second-order valence-corrected chi connectivity index (χ2v) is 6.01. The van der Waals surface area contributed by atoms with Crippen molar-refractivity contribution in [1.82, 2.24) is 9.36 Å². The Morgan fingerprint density at radius 2 is 1.81 bits per heavy atom. The molecule has 1 aromatic heterocycles. The summed E-state index contributed by atoms with van der Waals surface area (Å²) in [6.07, 6.45) is 0. The van der Waals surface area contributed by atoms with E-state index < -0.39 is 11.7 Å². The predicted molar refractivity (Wildman–Crippen MR) is 97.0 cm³/mol. The normalized spacial score (nSPS) is 14.6. The van der Waals surface area contributed by atoms with Crippen LogP contribution in [0.2, 0.25) is 0 Å². The van der Waals surface area contributed by atoms with E-state index in [-0.39, 0.29) is 17.0 Å². The van der Waals surface area contributed by atoms with Crippen LogP contribution >= 0.6 is 0 Å². The number of carbonyl (C=O) groups excluding carboxylic acids is 1. The van der Waals surface area contributed by atoms with Crippen LogP contribution in [0.4, 0.5) is 15.8 Å². The lowest BCUT2D eigenvalue weighted by atomic mass is 10.1. The highest BCUT2D eigenvalue weighted by molar-refractivity contribution is 6.54. The maximum absolute atomic E-state index is 13.4. The highest BCUT2D eigenvalue weighted by atomic mass is 19.1. The lowest BCUT2D eigenvalue weighted by Gasteiger charge is -2.07. The van der Waals surface area contributed by atoms with Crippen molar-refractivity contribution in [3.63, 3.8) is 0 Å². The summed E-state index contributed by atoms with van der Waals surface area (Å²) in [5.41, 5.74) is 2.11. The first-order chi connectivity index (χ1) is 12.5. The fourth-order valence-electron chi connectivity index (χ4n) is 3.04. The van der Waals surface area contributed by atoms with Crippen LogP contribution in [0.5, 0.6) is 0 Å². The molecule has 1 N–H and O–H groups in total. The second-order valence-electron chi connectivity index (χ2n) is 6.01. The first kappa shape index (κ1) is 16.0. The molecule has 2 heterocycles. The van der Waals surface area contributed by atoms with Gasteiger partial charge in [0.2, 0.25) is 0 Å². The van der Waals surface area contributed by atoms with E-state index in [0.717, 1.165) is 0 Å². The average Bonchev–Trinajstić information content (AvgIpc) is 3.04. The maximum Gasteiger partial charge on any atom is 0.297 e. The van der Waals surface area contributed by atoms with Gasteiger partial charge in [0.05, 0.1) is 17.1 Å². The number of halogens is 1. The molecule has 0 saturated carbocycles. The summed E-state index contributed by atoms with van der Waals surface area (Å²) >= 11 is 0. The number of amides is 1. The number of para-hydroxylation sites is 1. The zero-order valence-electron chi connectivity index (χ0n) is 14.2. The monoisotopic (exact) mass is 350 g/mol. The number of carbonyl (C=O) groups is 1. The lowest BCUT2D eigenvalue weighted by molar-refractivity contribution is -0.110. The van der Waals surface area contributed by atoms with Gasteiger partial charge in [-0.25, -0.2) is 14.1 Å². The standard InChI is InChI=1S/C19H15FN4O2/c1-11-16(19(26)24(23(11)2)13-6-4-3-5-7-13)22-17-14-9-8-12(20)10-15(14)21-18(17)25/h3-10H,1-2H3,(H,21,22,25). The van der Waals surface area contributed by atoms with E-state index in [2.05, 4.69) is 10.3 Å². The van der Waals surface area contributed by atoms with E-state index in [1.54, 1.807) is 18.7 Å². The SMILES string of the molecule is Cc1c(N=C2C(=O)Nc3cc(F)ccc32)c(=O)n(-c2ccccc2)n1C. The van der Waals surface area contributed by atoms with Gasteiger partial charge in [0, 0.05) is 12.6 Å². The van der Waals surface area contributed by atoms with Gasteiger partial charge in [-0.3, -0.25) is 14.3 Å². The van der Waals surface area contributed by atoms with Gasteiger partial charge < -0.3 is 5.32 Å². The fourth-order valence-corrected chi connectivity index (χ4v) is 3.04. The highest BCUT2D eigenvalue weighted by Gasteiger charge is 2.28. The van der Waals surface area contributed by atoms with E-state index in [0.29, 0.717) is 22.6 Å². The molecule has 0 atom stereocenters. The van der Waals surface area contributed by atoms with E-state index in [4.69, 9.17) is 0 Å². The topological polar surface area (TPSA) is 68.4 Å². The quantitative estimate of drug-likeness (QED) is 0.772. The molecular weight excluding hydrogens is 335 g/mol. The number of aromatic nitrogens is 2. The van der Waals surface area contributed by atoms with E-state index in [1.807, 2.05) is 30.3 Å². The number of fused-ring (bicyclic) bond motifs is 1. The Morgan fingerprint density at radius 3 is 2.54 bits per heavy atom. The number of rotatable bonds is 2. The molecule has 6 nitrogen and oxygen atoms in total. The molecular formula is C19H15FN4O2. The molecule has 3 aromatic rings. The molecule has 0 unspecified atom stereocenters. The van der Waals surface area contributed by atoms with Gasteiger partial charge in [-0.15, -0.1) is 0 Å². The highest BCUT2D eigenvalue weighted by Crippen LogP contribution is 2.27. The van der Waals surface area contributed by atoms with Crippen molar-refractivity contribution in [3.05, 3.63) is 76.0 Å². The van der Waals surface area contributed by atoms with Crippen LogP contribution in [0.25, 0.3) is 5.69 Å². The van der Waals surface area contributed by atoms with Crippen molar-refractivity contribution >= 4 is 23.0 Å². The molecule has 0 aliphatic carbocycles. The van der Waals surface area contributed by atoms with Gasteiger partial charge >= 0.3 is 0 Å². The lowest BCUT2D eigenvalue weighted by Crippen LogP contribution is -2.20. The summed E-state index contributed by atoms with van der Waals surface area (Å²) in [7, 11) is 1.76. The van der Waals surface area contributed by atoms with E-state index in [9.17, 15) is 14.0 Å². The first-order valence-electron chi connectivity index (χ1n) is 8.01. The molecule has 1 aliphatic rings. The third kappa shape index (κ3) is 2.36. The minimum atomic E-state index is -0.459. The average molecular weight is 350 g/mol. The number of aliphatic imine (C=N–C) groups is 1. The summed E-state index contributed by atoms with van der Waals surface area (Å²) in [5.74, 6) is -0.910. The summed E-state index contributed by atoms with van der Waals surface area (Å²) in [4.78, 5) is 29.5. The van der Waals surface area contributed by atoms with Crippen LogP contribution in [-0.2, 0) is 11.8 Å². The van der Waals surface area contributed by atoms with Crippen molar-refractivity contribution in [3.8, 4) is 5.69 Å². The minimum Gasteiger partial charge on any atom is -0.320 e. The summed E-state index contributed by atoms with van der Waals surface area (Å²) < 4.78 is 16.6. The zero-order chi connectivity index (χ0) is 18.4. The summed E-state index contributed by atoms with van der Waals surface area (Å²) in [6, 6.07) is 13.1. The Bertz CT molecular complexity index is 1130. The van der Waals surface area contributed by atoms with E-state index in [1.165, 1.54) is 22.9 Å². The number of nitrogens with one attached hydrogen (secondary N) is 1. The van der Waals surface area contributed by atoms with Crippen molar-refractivity contribution in [2.45, 2.75) is 6.92 Å². The van der Waals surface area contributed by atoms with Crippen LogP contribution in [0.1, 0.15) is 11.3 Å². The number of hydrogen-bond donors (Lipinski definition) is 1. The third-order valence-corrected chi connectivity index (χ3v) is 4.45. The fraction of sp³-hybridized carbons (Fsp3) is 0.105. The second kappa shape index (κ2) is 5.80. The van der Waals surface area contributed by atoms with E-state index >= 15 is 0 Å². The van der Waals surface area contributed by atoms with Crippen LogP contribution in [-0.4, -0.2) is 21.0 Å². The Hall–Kier alpha value is -3.48. The van der Waals surface area contributed by atoms with Gasteiger partial charge in [0.15, 0.2) is 5.69 Å². The third-order valence-electron chi connectivity index (χ3n) is 4.45. The molecule has 7 heteroatoms. The van der Waals surface area contributed by atoms with Gasteiger partial charge in [-0.2, -0.15) is 0 Å². The van der Waals surface area contributed by atoms with Crippen molar-refractivity contribution in [2.24, 2.45) is 12.0 Å². The largest absolute Gasteiger partial charge is 0.320 e. The van der Waals surface area contributed by atoms with Crippen molar-refractivity contribution < 1.29 is 9.18 Å². The van der Waals surface area contributed by atoms with Crippen LogP contribution < -0.4 is 10.9 Å². The van der Waals surface area contributed by atoms with Gasteiger partial charge in [-0.05, 0) is 37.3 Å². The first-order valence-corrected chi connectivity index (χ1v) is 8.01. The maximum atomic E-state index is 13.4. The smallest absolute Gasteiger partial charge is 0.297 e. The number of nitrogens with zero attached hydrogens (tertiary/aromatic N) is 3.